The zero-order chi connectivity index (χ0) is 14.8. The summed E-state index contributed by atoms with van der Waals surface area (Å²) in [5, 5.41) is 5.69. The van der Waals surface area contributed by atoms with E-state index in [4.69, 9.17) is 0 Å². The fraction of sp³-hybridized carbons (Fsp3) is 0.500. The molecule has 0 saturated heterocycles. The Balaban J connectivity index is 2.45. The molecule has 0 spiro atoms. The second-order valence-electron chi connectivity index (χ2n) is 4.84. The number of nitrogens with one attached hydrogen (secondary N) is 2. The van der Waals surface area contributed by atoms with E-state index >= 15 is 0 Å². The van der Waals surface area contributed by atoms with Crippen molar-refractivity contribution in [1.82, 2.24) is 5.32 Å². The molecule has 2 N–H and O–H groups in total. The van der Waals surface area contributed by atoms with Crippen molar-refractivity contribution in [2.75, 3.05) is 11.9 Å². The summed E-state index contributed by atoms with van der Waals surface area (Å²) in [5.74, 6) is -0.0585. The fourth-order valence-electron chi connectivity index (χ4n) is 1.83. The third kappa shape index (κ3) is 5.87. The Hall–Kier alpha value is -1.84. The zero-order valence-electron chi connectivity index (χ0n) is 12.4. The van der Waals surface area contributed by atoms with Gasteiger partial charge in [0.2, 0.25) is 5.91 Å². The number of carbonyl (C=O) groups is 2. The maximum absolute atomic E-state index is 11.8. The summed E-state index contributed by atoms with van der Waals surface area (Å²) in [6.07, 6.45) is 4.61. The third-order valence-electron chi connectivity index (χ3n) is 2.97. The van der Waals surface area contributed by atoms with Gasteiger partial charge in [-0.1, -0.05) is 26.7 Å². The molecule has 0 fully saturated rings. The molecule has 1 aromatic rings. The van der Waals surface area contributed by atoms with E-state index in [0.29, 0.717) is 18.5 Å². The Kier molecular flexibility index (Phi) is 7.40. The highest BCUT2D eigenvalue weighted by atomic mass is 16.2. The second-order valence-corrected chi connectivity index (χ2v) is 4.84. The van der Waals surface area contributed by atoms with Crippen LogP contribution in [-0.4, -0.2) is 18.4 Å². The van der Waals surface area contributed by atoms with Crippen molar-refractivity contribution in [2.45, 2.75) is 46.0 Å². The van der Waals surface area contributed by atoms with Crippen LogP contribution in [0.2, 0.25) is 0 Å². The summed E-state index contributed by atoms with van der Waals surface area (Å²) in [4.78, 5) is 23.3. The van der Waals surface area contributed by atoms with E-state index < -0.39 is 0 Å². The van der Waals surface area contributed by atoms with Gasteiger partial charge in [0.25, 0.3) is 5.91 Å². The zero-order valence-corrected chi connectivity index (χ0v) is 12.4. The molecule has 0 aromatic heterocycles. The molecule has 0 unspecified atom stereocenters. The molecule has 0 aliphatic carbocycles. The number of anilines is 1. The number of benzene rings is 1. The van der Waals surface area contributed by atoms with Crippen molar-refractivity contribution in [3.63, 3.8) is 0 Å². The van der Waals surface area contributed by atoms with E-state index in [2.05, 4.69) is 17.6 Å². The molecule has 1 rings (SSSR count). The van der Waals surface area contributed by atoms with E-state index in [9.17, 15) is 9.59 Å². The van der Waals surface area contributed by atoms with Crippen molar-refractivity contribution in [3.05, 3.63) is 29.8 Å². The van der Waals surface area contributed by atoms with Crippen LogP contribution >= 0.6 is 0 Å². The van der Waals surface area contributed by atoms with Gasteiger partial charge in [0.05, 0.1) is 0 Å². The van der Waals surface area contributed by atoms with Crippen molar-refractivity contribution in [1.29, 1.82) is 0 Å². The molecule has 110 valence electrons. The molecular formula is C16H24N2O2. The summed E-state index contributed by atoms with van der Waals surface area (Å²) >= 11 is 0. The Bertz CT molecular complexity index is 427. The molecule has 0 bridgehead atoms. The SMILES string of the molecule is CCCCCNC(=O)c1ccc(NC(=O)CCC)cc1. The van der Waals surface area contributed by atoms with Crippen LogP contribution in [0.4, 0.5) is 5.69 Å². The fourth-order valence-corrected chi connectivity index (χ4v) is 1.83. The largest absolute Gasteiger partial charge is 0.352 e. The van der Waals surface area contributed by atoms with E-state index in [-0.39, 0.29) is 11.8 Å². The van der Waals surface area contributed by atoms with Crippen molar-refractivity contribution >= 4 is 17.5 Å². The first kappa shape index (κ1) is 16.2. The van der Waals surface area contributed by atoms with Crippen LogP contribution in [0.15, 0.2) is 24.3 Å². The Labute approximate surface area is 121 Å². The van der Waals surface area contributed by atoms with E-state index in [1.54, 1.807) is 24.3 Å². The van der Waals surface area contributed by atoms with Gasteiger partial charge in [0.15, 0.2) is 0 Å². The highest BCUT2D eigenvalue weighted by Crippen LogP contribution is 2.10. The number of amides is 2. The smallest absolute Gasteiger partial charge is 0.251 e. The summed E-state index contributed by atoms with van der Waals surface area (Å²) < 4.78 is 0. The molecule has 4 heteroatoms. The molecule has 0 aliphatic rings. The average molecular weight is 276 g/mol. The summed E-state index contributed by atoms with van der Waals surface area (Å²) in [5.41, 5.74) is 1.35. The van der Waals surface area contributed by atoms with E-state index in [0.717, 1.165) is 31.4 Å². The van der Waals surface area contributed by atoms with Gasteiger partial charge in [-0.05, 0) is 37.1 Å². The molecule has 1 aromatic carbocycles. The maximum Gasteiger partial charge on any atom is 0.251 e. The molecular weight excluding hydrogens is 252 g/mol. The van der Waals surface area contributed by atoms with Gasteiger partial charge in [-0.2, -0.15) is 0 Å². The molecule has 0 radical (unpaired) electrons. The van der Waals surface area contributed by atoms with Crippen LogP contribution in [0.1, 0.15) is 56.3 Å². The van der Waals surface area contributed by atoms with Crippen molar-refractivity contribution in [2.24, 2.45) is 0 Å². The molecule has 0 aliphatic heterocycles. The maximum atomic E-state index is 11.8. The minimum Gasteiger partial charge on any atom is -0.352 e. The van der Waals surface area contributed by atoms with Gasteiger partial charge >= 0.3 is 0 Å². The molecule has 4 nitrogen and oxygen atoms in total. The number of carbonyl (C=O) groups excluding carboxylic acids is 2. The normalized spacial score (nSPS) is 10.1. The predicted octanol–water partition coefficient (Wildman–Crippen LogP) is 3.35. The Morgan fingerprint density at radius 1 is 1.00 bits per heavy atom. The predicted molar refractivity (Wildman–Crippen MR) is 81.8 cm³/mol. The summed E-state index contributed by atoms with van der Waals surface area (Å²) in [6.45, 7) is 4.81. The van der Waals surface area contributed by atoms with Gasteiger partial charge in [0.1, 0.15) is 0 Å². The summed E-state index contributed by atoms with van der Waals surface area (Å²) in [7, 11) is 0. The van der Waals surface area contributed by atoms with Crippen LogP contribution < -0.4 is 10.6 Å². The van der Waals surface area contributed by atoms with Gasteiger partial charge < -0.3 is 10.6 Å². The monoisotopic (exact) mass is 276 g/mol. The first-order valence-corrected chi connectivity index (χ1v) is 7.35. The van der Waals surface area contributed by atoms with E-state index in [1.807, 2.05) is 6.92 Å². The lowest BCUT2D eigenvalue weighted by Crippen LogP contribution is -2.24. The number of unbranched alkanes of at least 4 members (excludes halogenated alkanes) is 2. The first-order chi connectivity index (χ1) is 9.67. The lowest BCUT2D eigenvalue weighted by atomic mass is 10.2. The minimum atomic E-state index is -0.0625. The highest BCUT2D eigenvalue weighted by Gasteiger charge is 2.05. The van der Waals surface area contributed by atoms with Gasteiger partial charge in [-0.25, -0.2) is 0 Å². The van der Waals surface area contributed by atoms with Crippen molar-refractivity contribution < 1.29 is 9.59 Å². The standard InChI is InChI=1S/C16H24N2O2/c1-3-5-6-12-17-16(20)13-8-10-14(11-9-13)18-15(19)7-4-2/h8-11H,3-7,12H2,1-2H3,(H,17,20)(H,18,19). The van der Waals surface area contributed by atoms with Crippen LogP contribution in [-0.2, 0) is 4.79 Å². The molecule has 0 heterocycles. The van der Waals surface area contributed by atoms with Crippen LogP contribution in [0, 0.1) is 0 Å². The first-order valence-electron chi connectivity index (χ1n) is 7.35. The average Bonchev–Trinajstić information content (AvgIpc) is 2.44. The second kappa shape index (κ2) is 9.13. The number of hydrogen-bond acceptors (Lipinski definition) is 2. The van der Waals surface area contributed by atoms with Crippen molar-refractivity contribution in [3.8, 4) is 0 Å². The summed E-state index contributed by atoms with van der Waals surface area (Å²) in [6, 6.07) is 6.98. The minimum absolute atomic E-state index is 0.00395. The number of hydrogen-bond donors (Lipinski definition) is 2. The molecule has 0 saturated carbocycles. The van der Waals surface area contributed by atoms with Gasteiger partial charge in [-0.15, -0.1) is 0 Å². The Morgan fingerprint density at radius 3 is 2.30 bits per heavy atom. The molecule has 0 atom stereocenters. The topological polar surface area (TPSA) is 58.2 Å². The lowest BCUT2D eigenvalue weighted by molar-refractivity contribution is -0.116. The Morgan fingerprint density at radius 2 is 1.70 bits per heavy atom. The van der Waals surface area contributed by atoms with Crippen LogP contribution in [0.5, 0.6) is 0 Å². The lowest BCUT2D eigenvalue weighted by Gasteiger charge is -2.07. The van der Waals surface area contributed by atoms with Crippen LogP contribution in [0.3, 0.4) is 0 Å². The van der Waals surface area contributed by atoms with Gasteiger partial charge in [-0.3, -0.25) is 9.59 Å². The van der Waals surface area contributed by atoms with E-state index in [1.165, 1.54) is 0 Å². The van der Waals surface area contributed by atoms with Crippen LogP contribution in [0.25, 0.3) is 0 Å². The van der Waals surface area contributed by atoms with Gasteiger partial charge in [0, 0.05) is 24.2 Å². The highest BCUT2D eigenvalue weighted by molar-refractivity contribution is 5.95. The molecule has 2 amide bonds. The number of rotatable bonds is 8. The third-order valence-corrected chi connectivity index (χ3v) is 2.97. The quantitative estimate of drug-likeness (QED) is 0.715. The molecule has 20 heavy (non-hydrogen) atoms.